The molecule has 0 saturated carbocycles. The average Bonchev–Trinajstić information content (AvgIpc) is 2.45. The molecule has 0 aliphatic rings. The van der Waals surface area contributed by atoms with Crippen molar-refractivity contribution in [2.45, 2.75) is 11.9 Å². The van der Waals surface area contributed by atoms with Crippen LogP contribution in [0.25, 0.3) is 0 Å². The first-order chi connectivity index (χ1) is 10.1. The molecule has 21 heavy (non-hydrogen) atoms. The number of hydrogen-bond donors (Lipinski definition) is 2. The summed E-state index contributed by atoms with van der Waals surface area (Å²) >= 11 is 1.21. The number of nitrogens with one attached hydrogen (secondary N) is 2. The van der Waals surface area contributed by atoms with Gasteiger partial charge in [0.1, 0.15) is 10.8 Å². The lowest BCUT2D eigenvalue weighted by molar-refractivity contribution is -0.113. The zero-order valence-electron chi connectivity index (χ0n) is 11.7. The molecule has 0 fully saturated rings. The van der Waals surface area contributed by atoms with Gasteiger partial charge in [0, 0.05) is 5.69 Å². The van der Waals surface area contributed by atoms with Crippen LogP contribution in [-0.2, 0) is 4.79 Å². The molecule has 1 heterocycles. The normalized spacial score (nSPS) is 10.2. The highest BCUT2D eigenvalue weighted by molar-refractivity contribution is 7.99. The maximum atomic E-state index is 11.9. The first kappa shape index (κ1) is 15.1. The molecule has 2 rings (SSSR count). The van der Waals surface area contributed by atoms with E-state index in [1.54, 1.807) is 32.2 Å². The zero-order valence-corrected chi connectivity index (χ0v) is 12.5. The maximum absolute atomic E-state index is 11.9. The lowest BCUT2D eigenvalue weighted by Gasteiger charge is -2.09. The molecular weight excluding hydrogens is 290 g/mol. The van der Waals surface area contributed by atoms with Crippen LogP contribution in [0.2, 0.25) is 0 Å². The van der Waals surface area contributed by atoms with Crippen LogP contribution in [-0.4, -0.2) is 28.7 Å². The predicted octanol–water partition coefficient (Wildman–Crippen LogP) is 1.82. The monoisotopic (exact) mass is 305 g/mol. The molecule has 0 spiro atoms. The van der Waals surface area contributed by atoms with E-state index in [4.69, 9.17) is 4.74 Å². The van der Waals surface area contributed by atoms with Crippen molar-refractivity contribution in [2.75, 3.05) is 18.2 Å². The molecule has 6 nitrogen and oxygen atoms in total. The van der Waals surface area contributed by atoms with Gasteiger partial charge in [-0.1, -0.05) is 23.9 Å². The van der Waals surface area contributed by atoms with Gasteiger partial charge in [-0.15, -0.1) is 0 Å². The standard InChI is InChI=1S/C14H15N3O3S/c1-9-7-13(17-14(19)15-9)21-8-12(18)16-10-5-3-4-6-11(10)20-2/h3-7H,8H2,1-2H3,(H,16,18)(H,15,17,19). The van der Waals surface area contributed by atoms with E-state index in [0.717, 1.165) is 0 Å². The van der Waals surface area contributed by atoms with Crippen molar-refractivity contribution in [1.82, 2.24) is 9.97 Å². The van der Waals surface area contributed by atoms with Crippen LogP contribution in [0.4, 0.5) is 5.69 Å². The molecule has 1 amide bonds. The Balaban J connectivity index is 1.97. The molecule has 2 aromatic rings. The molecule has 0 saturated heterocycles. The summed E-state index contributed by atoms with van der Waals surface area (Å²) in [5.41, 5.74) is 0.908. The topological polar surface area (TPSA) is 84.1 Å². The second kappa shape index (κ2) is 6.94. The Morgan fingerprint density at radius 1 is 1.43 bits per heavy atom. The summed E-state index contributed by atoms with van der Waals surface area (Å²) in [6.45, 7) is 1.77. The molecule has 110 valence electrons. The smallest absolute Gasteiger partial charge is 0.346 e. The number of hydrogen-bond acceptors (Lipinski definition) is 5. The van der Waals surface area contributed by atoms with E-state index in [9.17, 15) is 9.59 Å². The highest BCUT2D eigenvalue weighted by Gasteiger charge is 2.08. The van der Waals surface area contributed by atoms with E-state index in [-0.39, 0.29) is 11.7 Å². The van der Waals surface area contributed by atoms with Crippen LogP contribution in [0.5, 0.6) is 5.75 Å². The molecule has 0 unspecified atom stereocenters. The number of carbonyl (C=O) groups excluding carboxylic acids is 1. The van der Waals surface area contributed by atoms with Crippen LogP contribution >= 0.6 is 11.8 Å². The van der Waals surface area contributed by atoms with Crippen molar-refractivity contribution < 1.29 is 9.53 Å². The van der Waals surface area contributed by atoms with Crippen LogP contribution in [0, 0.1) is 6.92 Å². The largest absolute Gasteiger partial charge is 0.495 e. The number of anilines is 1. The Morgan fingerprint density at radius 2 is 2.19 bits per heavy atom. The number of thioether (sulfide) groups is 1. The van der Waals surface area contributed by atoms with Crippen LogP contribution < -0.4 is 15.7 Å². The van der Waals surface area contributed by atoms with Gasteiger partial charge in [-0.3, -0.25) is 4.79 Å². The fourth-order valence-electron chi connectivity index (χ4n) is 1.70. The van der Waals surface area contributed by atoms with E-state index in [1.165, 1.54) is 11.8 Å². The van der Waals surface area contributed by atoms with Gasteiger partial charge in [0.25, 0.3) is 0 Å². The van der Waals surface area contributed by atoms with Gasteiger partial charge in [-0.25, -0.2) is 4.79 Å². The lowest BCUT2D eigenvalue weighted by atomic mass is 10.3. The van der Waals surface area contributed by atoms with E-state index < -0.39 is 5.69 Å². The number of methoxy groups -OCH3 is 1. The Hall–Kier alpha value is -2.28. The third-order valence-corrected chi connectivity index (χ3v) is 3.50. The minimum atomic E-state index is -0.414. The number of benzene rings is 1. The van der Waals surface area contributed by atoms with E-state index in [0.29, 0.717) is 22.2 Å². The first-order valence-corrected chi connectivity index (χ1v) is 7.20. The Morgan fingerprint density at radius 3 is 2.90 bits per heavy atom. The molecule has 0 radical (unpaired) electrons. The number of carbonyl (C=O) groups is 1. The number of nitrogens with zero attached hydrogens (tertiary/aromatic N) is 1. The fraction of sp³-hybridized carbons (Fsp3) is 0.214. The Bertz CT molecular complexity index is 700. The van der Waals surface area contributed by atoms with Crippen molar-refractivity contribution >= 4 is 23.4 Å². The number of rotatable bonds is 5. The summed E-state index contributed by atoms with van der Waals surface area (Å²) in [7, 11) is 1.54. The molecule has 0 bridgehead atoms. The third-order valence-electron chi connectivity index (χ3n) is 2.59. The van der Waals surface area contributed by atoms with Gasteiger partial charge < -0.3 is 15.0 Å². The first-order valence-electron chi connectivity index (χ1n) is 6.22. The number of aromatic amines is 1. The van der Waals surface area contributed by atoms with Crippen molar-refractivity contribution in [3.05, 3.63) is 46.5 Å². The van der Waals surface area contributed by atoms with Gasteiger partial charge in [0.2, 0.25) is 5.91 Å². The molecule has 0 aliphatic carbocycles. The van der Waals surface area contributed by atoms with Crippen LogP contribution in [0.15, 0.2) is 40.2 Å². The highest BCUT2D eigenvalue weighted by Crippen LogP contribution is 2.23. The minimum absolute atomic E-state index is 0.161. The van der Waals surface area contributed by atoms with Gasteiger partial charge in [-0.05, 0) is 25.1 Å². The molecule has 1 aromatic carbocycles. The Kier molecular flexibility index (Phi) is 4.99. The number of aryl methyl sites for hydroxylation is 1. The minimum Gasteiger partial charge on any atom is -0.495 e. The van der Waals surface area contributed by atoms with E-state index >= 15 is 0 Å². The summed E-state index contributed by atoms with van der Waals surface area (Å²) < 4.78 is 5.16. The maximum Gasteiger partial charge on any atom is 0.346 e. The van der Waals surface area contributed by atoms with E-state index in [2.05, 4.69) is 15.3 Å². The van der Waals surface area contributed by atoms with Crippen LogP contribution in [0.3, 0.4) is 0 Å². The average molecular weight is 305 g/mol. The van der Waals surface area contributed by atoms with Crippen molar-refractivity contribution in [3.63, 3.8) is 0 Å². The van der Waals surface area contributed by atoms with Crippen molar-refractivity contribution in [3.8, 4) is 5.75 Å². The summed E-state index contributed by atoms with van der Waals surface area (Å²) in [5.74, 6) is 0.568. The second-order valence-corrected chi connectivity index (χ2v) is 5.24. The third kappa shape index (κ3) is 4.35. The number of aromatic nitrogens is 2. The molecule has 1 aromatic heterocycles. The van der Waals surface area contributed by atoms with Gasteiger partial charge in [-0.2, -0.15) is 4.98 Å². The van der Waals surface area contributed by atoms with Crippen LogP contribution in [0.1, 0.15) is 5.69 Å². The highest BCUT2D eigenvalue weighted by atomic mass is 32.2. The van der Waals surface area contributed by atoms with Gasteiger partial charge >= 0.3 is 5.69 Å². The Labute approximate surface area is 125 Å². The number of ether oxygens (including phenoxy) is 1. The quantitative estimate of drug-likeness (QED) is 0.650. The van der Waals surface area contributed by atoms with Gasteiger partial charge in [0.15, 0.2) is 0 Å². The molecular formula is C14H15N3O3S. The summed E-state index contributed by atoms with van der Waals surface area (Å²) in [6.07, 6.45) is 0. The number of para-hydroxylation sites is 2. The predicted molar refractivity (Wildman–Crippen MR) is 81.9 cm³/mol. The molecule has 2 N–H and O–H groups in total. The summed E-state index contributed by atoms with van der Waals surface area (Å²) in [5, 5.41) is 3.28. The second-order valence-electron chi connectivity index (χ2n) is 4.24. The summed E-state index contributed by atoms with van der Waals surface area (Å²) in [4.78, 5) is 29.5. The van der Waals surface area contributed by atoms with Crippen molar-refractivity contribution in [1.29, 1.82) is 0 Å². The molecule has 0 aliphatic heterocycles. The SMILES string of the molecule is COc1ccccc1NC(=O)CSc1cc(C)[nH]c(=O)n1. The number of amides is 1. The van der Waals surface area contributed by atoms with E-state index in [1.807, 2.05) is 12.1 Å². The lowest BCUT2D eigenvalue weighted by Crippen LogP contribution is -2.16. The zero-order chi connectivity index (χ0) is 15.2. The molecule has 0 atom stereocenters. The van der Waals surface area contributed by atoms with Gasteiger partial charge in [0.05, 0.1) is 18.6 Å². The molecule has 7 heteroatoms. The fourth-order valence-corrected chi connectivity index (χ4v) is 2.46. The number of H-pyrrole nitrogens is 1. The summed E-state index contributed by atoms with van der Waals surface area (Å²) in [6, 6.07) is 8.89. The van der Waals surface area contributed by atoms with Crippen molar-refractivity contribution in [2.24, 2.45) is 0 Å².